The van der Waals surface area contributed by atoms with Crippen LogP contribution in [0.4, 0.5) is 8.78 Å². The SMILES string of the molecule is C=CCCCCCCC1CCC(C2CC=C(c3ccc(C4CO4)c(F)c3F)CC2)CC1. The highest BCUT2D eigenvalue weighted by molar-refractivity contribution is 5.67. The summed E-state index contributed by atoms with van der Waals surface area (Å²) in [6, 6.07) is 3.46. The van der Waals surface area contributed by atoms with Gasteiger partial charge in [0.25, 0.3) is 0 Å². The summed E-state index contributed by atoms with van der Waals surface area (Å²) >= 11 is 0. The van der Waals surface area contributed by atoms with Crippen LogP contribution in [-0.4, -0.2) is 6.61 Å². The minimum atomic E-state index is -0.720. The van der Waals surface area contributed by atoms with E-state index in [4.69, 9.17) is 4.74 Å². The summed E-state index contributed by atoms with van der Waals surface area (Å²) in [5.74, 6) is 1.05. The average molecular weight is 429 g/mol. The van der Waals surface area contributed by atoms with Crippen molar-refractivity contribution in [3.05, 3.63) is 53.6 Å². The molecule has 1 heterocycles. The van der Waals surface area contributed by atoms with E-state index in [-0.39, 0.29) is 6.10 Å². The molecule has 1 saturated carbocycles. The van der Waals surface area contributed by atoms with E-state index in [0.717, 1.165) is 49.0 Å². The lowest BCUT2D eigenvalue weighted by Crippen LogP contribution is -2.23. The largest absolute Gasteiger partial charge is 0.368 e. The Kier molecular flexibility index (Phi) is 7.98. The average Bonchev–Trinajstić information content (AvgIpc) is 3.64. The van der Waals surface area contributed by atoms with Crippen molar-refractivity contribution in [2.45, 2.75) is 89.6 Å². The second kappa shape index (κ2) is 10.9. The number of hydrogen-bond acceptors (Lipinski definition) is 1. The van der Waals surface area contributed by atoms with Crippen LogP contribution >= 0.6 is 0 Å². The van der Waals surface area contributed by atoms with Gasteiger partial charge in [-0.3, -0.25) is 0 Å². The Labute approximate surface area is 187 Å². The van der Waals surface area contributed by atoms with Crippen molar-refractivity contribution < 1.29 is 13.5 Å². The van der Waals surface area contributed by atoms with Gasteiger partial charge in [-0.2, -0.15) is 0 Å². The molecule has 4 rings (SSSR count). The first-order valence-corrected chi connectivity index (χ1v) is 12.6. The lowest BCUT2D eigenvalue weighted by Gasteiger charge is -2.35. The van der Waals surface area contributed by atoms with Crippen LogP contribution in [0.15, 0.2) is 30.9 Å². The third-order valence-electron chi connectivity index (χ3n) is 7.92. The summed E-state index contributed by atoms with van der Waals surface area (Å²) in [4.78, 5) is 0. The van der Waals surface area contributed by atoms with Gasteiger partial charge in [-0.15, -0.1) is 6.58 Å². The van der Waals surface area contributed by atoms with E-state index in [2.05, 4.69) is 12.7 Å². The monoisotopic (exact) mass is 428 g/mol. The van der Waals surface area contributed by atoms with Crippen molar-refractivity contribution in [2.75, 3.05) is 6.61 Å². The van der Waals surface area contributed by atoms with Crippen LogP contribution in [-0.2, 0) is 4.74 Å². The zero-order valence-corrected chi connectivity index (χ0v) is 18.9. The molecule has 2 aliphatic carbocycles. The second-order valence-corrected chi connectivity index (χ2v) is 9.98. The summed E-state index contributed by atoms with van der Waals surface area (Å²) in [5, 5.41) is 0. The highest BCUT2D eigenvalue weighted by Gasteiger charge is 2.32. The molecule has 31 heavy (non-hydrogen) atoms. The summed E-state index contributed by atoms with van der Waals surface area (Å²) in [6.07, 6.45) is 20.4. The predicted octanol–water partition coefficient (Wildman–Crippen LogP) is 8.55. The molecule has 0 amide bonds. The molecule has 1 saturated heterocycles. The normalized spacial score (nSPS) is 28.3. The Balaban J connectivity index is 1.22. The molecule has 1 nitrogen and oxygen atoms in total. The molecule has 0 spiro atoms. The van der Waals surface area contributed by atoms with E-state index >= 15 is 0 Å². The number of unbranched alkanes of at least 4 members (excludes halogenated alkanes) is 4. The molecule has 0 bridgehead atoms. The van der Waals surface area contributed by atoms with Gasteiger partial charge in [0.15, 0.2) is 11.6 Å². The Hall–Kier alpha value is -1.48. The van der Waals surface area contributed by atoms with E-state index in [1.807, 2.05) is 6.08 Å². The standard InChI is InChI=1S/C28H38F2O/c1-2-3-4-5-6-7-8-20-9-11-21(12-10-20)22-13-15-23(16-14-22)24-17-18-25(26-19-31-26)28(30)27(24)29/h2,15,17-18,20-22,26H,1,3-14,16,19H2. The van der Waals surface area contributed by atoms with Crippen LogP contribution in [0.2, 0.25) is 0 Å². The third-order valence-corrected chi connectivity index (χ3v) is 7.92. The number of halogens is 2. The molecular weight excluding hydrogens is 390 g/mol. The number of hydrogen-bond donors (Lipinski definition) is 0. The van der Waals surface area contributed by atoms with Crippen molar-refractivity contribution >= 4 is 5.57 Å². The number of allylic oxidation sites excluding steroid dienone is 3. The molecule has 1 aliphatic heterocycles. The molecule has 0 radical (unpaired) electrons. The second-order valence-electron chi connectivity index (χ2n) is 9.98. The molecule has 2 unspecified atom stereocenters. The summed E-state index contributed by atoms with van der Waals surface area (Å²) in [7, 11) is 0. The van der Waals surface area contributed by atoms with Gasteiger partial charge < -0.3 is 4.74 Å². The van der Waals surface area contributed by atoms with Crippen molar-refractivity contribution in [3.8, 4) is 0 Å². The molecule has 0 aromatic heterocycles. The Morgan fingerprint density at radius 2 is 1.71 bits per heavy atom. The van der Waals surface area contributed by atoms with Crippen LogP contribution in [0.5, 0.6) is 0 Å². The van der Waals surface area contributed by atoms with Crippen molar-refractivity contribution in [2.24, 2.45) is 17.8 Å². The van der Waals surface area contributed by atoms with Crippen molar-refractivity contribution in [1.82, 2.24) is 0 Å². The van der Waals surface area contributed by atoms with Crippen LogP contribution in [0.25, 0.3) is 5.57 Å². The van der Waals surface area contributed by atoms with Gasteiger partial charge in [0.2, 0.25) is 0 Å². The fourth-order valence-electron chi connectivity index (χ4n) is 5.84. The van der Waals surface area contributed by atoms with Crippen LogP contribution < -0.4 is 0 Å². The van der Waals surface area contributed by atoms with E-state index in [0.29, 0.717) is 17.7 Å². The van der Waals surface area contributed by atoms with Crippen LogP contribution in [0, 0.1) is 29.4 Å². The maximum atomic E-state index is 14.6. The molecule has 1 aromatic rings. The quantitative estimate of drug-likeness (QED) is 0.207. The smallest absolute Gasteiger partial charge is 0.166 e. The molecule has 3 heteroatoms. The predicted molar refractivity (Wildman–Crippen MR) is 124 cm³/mol. The molecule has 1 aromatic carbocycles. The van der Waals surface area contributed by atoms with Crippen LogP contribution in [0.1, 0.15) is 101 Å². The molecule has 0 N–H and O–H groups in total. The Bertz CT molecular complexity index is 771. The first-order chi connectivity index (χ1) is 15.2. The van der Waals surface area contributed by atoms with Gasteiger partial charge in [-0.05, 0) is 68.3 Å². The van der Waals surface area contributed by atoms with Gasteiger partial charge in [0, 0.05) is 11.1 Å². The maximum absolute atomic E-state index is 14.6. The minimum absolute atomic E-state index is 0.249. The van der Waals surface area contributed by atoms with Gasteiger partial charge in [0.1, 0.15) is 6.10 Å². The fraction of sp³-hybridized carbons (Fsp3) is 0.643. The Morgan fingerprint density at radius 3 is 2.39 bits per heavy atom. The van der Waals surface area contributed by atoms with E-state index in [1.54, 1.807) is 12.1 Å². The topological polar surface area (TPSA) is 12.5 Å². The molecule has 3 aliphatic rings. The number of benzene rings is 1. The first kappa shape index (κ1) is 22.7. The number of ether oxygens (including phenoxy) is 1. The van der Waals surface area contributed by atoms with E-state index < -0.39 is 11.6 Å². The lowest BCUT2D eigenvalue weighted by molar-refractivity contribution is 0.187. The van der Waals surface area contributed by atoms with E-state index in [1.165, 1.54) is 57.8 Å². The highest BCUT2D eigenvalue weighted by Crippen LogP contribution is 2.43. The van der Waals surface area contributed by atoms with Gasteiger partial charge in [-0.1, -0.05) is 62.8 Å². The van der Waals surface area contributed by atoms with Crippen molar-refractivity contribution in [1.29, 1.82) is 0 Å². The molecule has 170 valence electrons. The lowest BCUT2D eigenvalue weighted by atomic mass is 9.70. The summed E-state index contributed by atoms with van der Waals surface area (Å²) < 4.78 is 34.2. The minimum Gasteiger partial charge on any atom is -0.368 e. The van der Waals surface area contributed by atoms with Crippen LogP contribution in [0.3, 0.4) is 0 Å². The maximum Gasteiger partial charge on any atom is 0.166 e. The molecule has 2 fully saturated rings. The zero-order valence-electron chi connectivity index (χ0n) is 18.9. The zero-order chi connectivity index (χ0) is 21.6. The third kappa shape index (κ3) is 5.86. The first-order valence-electron chi connectivity index (χ1n) is 12.6. The highest BCUT2D eigenvalue weighted by atomic mass is 19.2. The molecule has 2 atom stereocenters. The Morgan fingerprint density at radius 1 is 0.935 bits per heavy atom. The number of rotatable bonds is 10. The summed E-state index contributed by atoms with van der Waals surface area (Å²) in [5.41, 5.74) is 1.81. The molecular formula is C28H38F2O. The van der Waals surface area contributed by atoms with Gasteiger partial charge in [-0.25, -0.2) is 8.78 Å². The fourth-order valence-corrected chi connectivity index (χ4v) is 5.84. The van der Waals surface area contributed by atoms with Crippen molar-refractivity contribution in [3.63, 3.8) is 0 Å². The van der Waals surface area contributed by atoms with Gasteiger partial charge in [0.05, 0.1) is 6.61 Å². The number of epoxide rings is 1. The van der Waals surface area contributed by atoms with Gasteiger partial charge >= 0.3 is 0 Å². The van der Waals surface area contributed by atoms with E-state index in [9.17, 15) is 8.78 Å². The summed E-state index contributed by atoms with van der Waals surface area (Å²) in [6.45, 7) is 4.29.